The molecule has 0 aliphatic rings. The first-order valence-corrected chi connectivity index (χ1v) is 11.0. The Morgan fingerprint density at radius 1 is 1.11 bits per heavy atom. The van der Waals surface area contributed by atoms with Crippen LogP contribution in [0.2, 0.25) is 5.02 Å². The van der Waals surface area contributed by atoms with Crippen molar-refractivity contribution < 1.29 is 22.8 Å². The molecule has 2 heterocycles. The molecule has 186 valence electrons. The molecule has 3 rings (SSSR count). The van der Waals surface area contributed by atoms with E-state index in [0.29, 0.717) is 29.7 Å². The number of benzene rings is 1. The van der Waals surface area contributed by atoms with Crippen molar-refractivity contribution in [2.75, 3.05) is 13.6 Å². The van der Waals surface area contributed by atoms with Gasteiger partial charge in [-0.3, -0.25) is 9.59 Å². The number of hydrogen-bond acceptors (Lipinski definition) is 5. The smallest absolute Gasteiger partial charge is 0.342 e. The molecule has 3 aromatic rings. The molecule has 2 aromatic heterocycles. The van der Waals surface area contributed by atoms with E-state index in [9.17, 15) is 22.8 Å². The fraction of sp³-hybridized carbons (Fsp3) is 0.348. The minimum atomic E-state index is -4.64. The van der Waals surface area contributed by atoms with E-state index in [-0.39, 0.29) is 16.5 Å². The van der Waals surface area contributed by atoms with Crippen LogP contribution in [0.4, 0.5) is 13.2 Å². The second kappa shape index (κ2) is 10.4. The molecule has 12 heteroatoms. The lowest BCUT2D eigenvalue weighted by atomic mass is 10.1. The standard InChI is InChI=1S/C23H24ClF3N6O2/c1-13(2)11-32(4)22(35)15-5-6-19(28-10-15)33-20(29-12-30-33)14(3)31-21(34)16-7-17(23(25,26)27)9-18(24)8-16/h5-10,12-14H,11H2,1-4H3,(H,31,34)/t14-/m0/s1. The maximum Gasteiger partial charge on any atom is 0.416 e. The topological polar surface area (TPSA) is 93.0 Å². The molecule has 1 N–H and O–H groups in total. The maximum absolute atomic E-state index is 13.1. The summed E-state index contributed by atoms with van der Waals surface area (Å²) >= 11 is 5.78. The summed E-state index contributed by atoms with van der Waals surface area (Å²) in [4.78, 5) is 35.2. The van der Waals surface area contributed by atoms with Crippen LogP contribution in [0.1, 0.15) is 58.9 Å². The molecule has 0 aliphatic carbocycles. The lowest BCUT2D eigenvalue weighted by Gasteiger charge is -2.19. The number of nitrogens with zero attached hydrogens (tertiary/aromatic N) is 5. The van der Waals surface area contributed by atoms with Crippen LogP contribution in [0.3, 0.4) is 0 Å². The molecule has 0 unspecified atom stereocenters. The summed E-state index contributed by atoms with van der Waals surface area (Å²) in [6.07, 6.45) is -1.96. The van der Waals surface area contributed by atoms with Crippen molar-refractivity contribution in [3.63, 3.8) is 0 Å². The van der Waals surface area contributed by atoms with E-state index in [1.54, 1.807) is 31.0 Å². The summed E-state index contributed by atoms with van der Waals surface area (Å²) in [5.41, 5.74) is -0.862. The molecule has 2 amide bonds. The summed E-state index contributed by atoms with van der Waals surface area (Å²) in [7, 11) is 1.72. The van der Waals surface area contributed by atoms with E-state index in [0.717, 1.165) is 18.2 Å². The zero-order valence-corrected chi connectivity index (χ0v) is 20.2. The summed E-state index contributed by atoms with van der Waals surface area (Å²) in [6.45, 7) is 6.23. The van der Waals surface area contributed by atoms with Crippen molar-refractivity contribution in [1.29, 1.82) is 0 Å². The van der Waals surface area contributed by atoms with Crippen LogP contribution in [-0.2, 0) is 6.18 Å². The first kappa shape index (κ1) is 26.1. The largest absolute Gasteiger partial charge is 0.416 e. The predicted molar refractivity (Wildman–Crippen MR) is 123 cm³/mol. The Balaban J connectivity index is 1.78. The monoisotopic (exact) mass is 508 g/mol. The van der Waals surface area contributed by atoms with Gasteiger partial charge in [-0.15, -0.1) is 0 Å². The average Bonchev–Trinajstić information content (AvgIpc) is 3.27. The second-order valence-corrected chi connectivity index (χ2v) is 8.87. The third kappa shape index (κ3) is 6.36. The molecule has 0 bridgehead atoms. The van der Waals surface area contributed by atoms with Crippen molar-refractivity contribution >= 4 is 23.4 Å². The van der Waals surface area contributed by atoms with Gasteiger partial charge >= 0.3 is 6.18 Å². The number of rotatable bonds is 7. The number of pyridine rings is 1. The molecule has 35 heavy (non-hydrogen) atoms. The normalized spacial score (nSPS) is 12.5. The summed E-state index contributed by atoms with van der Waals surface area (Å²) < 4.78 is 40.6. The van der Waals surface area contributed by atoms with E-state index >= 15 is 0 Å². The van der Waals surface area contributed by atoms with Crippen molar-refractivity contribution in [3.05, 3.63) is 70.4 Å². The van der Waals surface area contributed by atoms with Gasteiger partial charge in [-0.2, -0.15) is 23.0 Å². The summed E-state index contributed by atoms with van der Waals surface area (Å²) in [6, 6.07) is 5.10. The van der Waals surface area contributed by atoms with Crippen LogP contribution in [0, 0.1) is 5.92 Å². The van der Waals surface area contributed by atoms with Gasteiger partial charge in [-0.05, 0) is 43.2 Å². The van der Waals surface area contributed by atoms with Gasteiger partial charge in [-0.25, -0.2) is 9.97 Å². The van der Waals surface area contributed by atoms with Gasteiger partial charge in [-0.1, -0.05) is 25.4 Å². The Labute approximate surface area is 205 Å². The summed E-state index contributed by atoms with van der Waals surface area (Å²) in [5, 5.41) is 6.51. The molecule has 0 saturated heterocycles. The lowest BCUT2D eigenvalue weighted by Crippen LogP contribution is -2.30. The van der Waals surface area contributed by atoms with Crippen molar-refractivity contribution in [2.45, 2.75) is 33.0 Å². The number of carbonyl (C=O) groups excluding carboxylic acids is 2. The Morgan fingerprint density at radius 2 is 1.83 bits per heavy atom. The zero-order valence-electron chi connectivity index (χ0n) is 19.5. The second-order valence-electron chi connectivity index (χ2n) is 8.44. The number of hydrogen-bond donors (Lipinski definition) is 1. The minimum Gasteiger partial charge on any atom is -0.342 e. The molecule has 0 aliphatic heterocycles. The molecule has 0 radical (unpaired) electrons. The van der Waals surface area contributed by atoms with E-state index in [2.05, 4.69) is 20.4 Å². The molecule has 0 fully saturated rings. The van der Waals surface area contributed by atoms with Crippen LogP contribution in [0.15, 0.2) is 42.9 Å². The van der Waals surface area contributed by atoms with Crippen LogP contribution in [-0.4, -0.2) is 50.1 Å². The maximum atomic E-state index is 13.1. The van der Waals surface area contributed by atoms with Gasteiger partial charge in [0.25, 0.3) is 11.8 Å². The Hall–Kier alpha value is -3.47. The number of halogens is 4. The number of nitrogens with one attached hydrogen (secondary N) is 1. The highest BCUT2D eigenvalue weighted by atomic mass is 35.5. The first-order chi connectivity index (χ1) is 16.4. The predicted octanol–water partition coefficient (Wildman–Crippen LogP) is 4.55. The Morgan fingerprint density at radius 3 is 2.43 bits per heavy atom. The first-order valence-electron chi connectivity index (χ1n) is 10.7. The molecule has 0 saturated carbocycles. The van der Waals surface area contributed by atoms with Crippen molar-refractivity contribution in [2.24, 2.45) is 5.92 Å². The molecular formula is C23H24ClF3N6O2. The molecule has 8 nitrogen and oxygen atoms in total. The zero-order chi connectivity index (χ0) is 25.9. The van der Waals surface area contributed by atoms with Crippen molar-refractivity contribution in [3.8, 4) is 5.82 Å². The Bertz CT molecular complexity index is 1210. The van der Waals surface area contributed by atoms with Gasteiger partial charge in [0.05, 0.1) is 17.2 Å². The SMILES string of the molecule is CC(C)CN(C)C(=O)c1ccc(-n2ncnc2[C@H](C)NC(=O)c2cc(Cl)cc(C(F)(F)F)c2)nc1. The van der Waals surface area contributed by atoms with E-state index < -0.39 is 23.7 Å². The fourth-order valence-electron chi connectivity index (χ4n) is 3.44. The number of aromatic nitrogens is 4. The number of carbonyl (C=O) groups is 2. The fourth-order valence-corrected chi connectivity index (χ4v) is 3.68. The van der Waals surface area contributed by atoms with Crippen molar-refractivity contribution in [1.82, 2.24) is 30.0 Å². The number of amides is 2. The highest BCUT2D eigenvalue weighted by molar-refractivity contribution is 6.31. The third-order valence-electron chi connectivity index (χ3n) is 4.99. The molecular weight excluding hydrogens is 485 g/mol. The molecule has 0 spiro atoms. The van der Waals surface area contributed by atoms with Gasteiger partial charge in [0.1, 0.15) is 6.33 Å². The highest BCUT2D eigenvalue weighted by Crippen LogP contribution is 2.32. The van der Waals surface area contributed by atoms with Crippen LogP contribution >= 0.6 is 11.6 Å². The average molecular weight is 509 g/mol. The molecule has 1 atom stereocenters. The van der Waals surface area contributed by atoms with Crippen LogP contribution in [0.25, 0.3) is 5.82 Å². The van der Waals surface area contributed by atoms with E-state index in [1.165, 1.54) is 17.2 Å². The number of alkyl halides is 3. The van der Waals surface area contributed by atoms with Gasteiger partial charge < -0.3 is 10.2 Å². The van der Waals surface area contributed by atoms with Crippen LogP contribution < -0.4 is 5.32 Å². The minimum absolute atomic E-state index is 0.169. The van der Waals surface area contributed by atoms with Gasteiger partial charge in [0.15, 0.2) is 11.6 Å². The Kier molecular flexibility index (Phi) is 7.79. The highest BCUT2D eigenvalue weighted by Gasteiger charge is 2.32. The van der Waals surface area contributed by atoms with E-state index in [1.807, 2.05) is 13.8 Å². The lowest BCUT2D eigenvalue weighted by molar-refractivity contribution is -0.137. The van der Waals surface area contributed by atoms with Gasteiger partial charge in [0.2, 0.25) is 0 Å². The van der Waals surface area contributed by atoms with E-state index in [4.69, 9.17) is 11.6 Å². The van der Waals surface area contributed by atoms with Crippen LogP contribution in [0.5, 0.6) is 0 Å². The third-order valence-corrected chi connectivity index (χ3v) is 5.21. The summed E-state index contributed by atoms with van der Waals surface area (Å²) in [5.74, 6) is 0.0281. The van der Waals surface area contributed by atoms with Gasteiger partial charge in [0, 0.05) is 30.4 Å². The quantitative estimate of drug-likeness (QED) is 0.505. The molecule has 1 aromatic carbocycles.